The fourth-order valence-electron chi connectivity index (χ4n) is 1.71. The number of carbonyl (C=O) groups excluding carboxylic acids is 2. The van der Waals surface area contributed by atoms with Crippen molar-refractivity contribution in [3.05, 3.63) is 54.1 Å². The maximum Gasteiger partial charge on any atom is 0.308 e. The summed E-state index contributed by atoms with van der Waals surface area (Å²) >= 11 is 0. The molecule has 2 aromatic rings. The minimum absolute atomic E-state index is 0.349. The van der Waals surface area contributed by atoms with Gasteiger partial charge in [-0.2, -0.15) is 0 Å². The first kappa shape index (κ1) is 12.8. The lowest BCUT2D eigenvalue weighted by Gasteiger charge is -2.05. The van der Waals surface area contributed by atoms with E-state index in [0.717, 1.165) is 11.1 Å². The monoisotopic (exact) mass is 255 g/mol. The standard InChI is InChI=1S/C15H13NO3/c1-10(17)19-14-8-6-12(7-9-14)11-2-4-13(5-3-11)15(16)18/h2-9H,1H3,(H2,16,18). The molecular weight excluding hydrogens is 242 g/mol. The number of amides is 1. The molecule has 0 spiro atoms. The molecule has 0 aromatic heterocycles. The summed E-state index contributed by atoms with van der Waals surface area (Å²) in [5.74, 6) is -0.291. The number of esters is 1. The van der Waals surface area contributed by atoms with E-state index in [9.17, 15) is 9.59 Å². The van der Waals surface area contributed by atoms with Gasteiger partial charge >= 0.3 is 5.97 Å². The third-order valence-corrected chi connectivity index (χ3v) is 2.62. The second-order valence-electron chi connectivity index (χ2n) is 4.06. The third kappa shape index (κ3) is 3.19. The van der Waals surface area contributed by atoms with Gasteiger partial charge in [-0.3, -0.25) is 9.59 Å². The fourth-order valence-corrected chi connectivity index (χ4v) is 1.71. The quantitative estimate of drug-likeness (QED) is 0.676. The first-order valence-electron chi connectivity index (χ1n) is 5.75. The molecule has 2 N–H and O–H groups in total. The highest BCUT2D eigenvalue weighted by Gasteiger charge is 2.03. The number of ether oxygens (including phenoxy) is 1. The molecule has 0 saturated carbocycles. The van der Waals surface area contributed by atoms with E-state index in [-0.39, 0.29) is 5.97 Å². The van der Waals surface area contributed by atoms with Crippen LogP contribution in [0.2, 0.25) is 0 Å². The predicted octanol–water partition coefficient (Wildman–Crippen LogP) is 2.38. The molecule has 19 heavy (non-hydrogen) atoms. The Bertz CT molecular complexity index is 600. The number of carbonyl (C=O) groups is 2. The third-order valence-electron chi connectivity index (χ3n) is 2.62. The Morgan fingerprint density at radius 3 is 1.79 bits per heavy atom. The lowest BCUT2D eigenvalue weighted by Crippen LogP contribution is -2.10. The van der Waals surface area contributed by atoms with Gasteiger partial charge in [0, 0.05) is 12.5 Å². The summed E-state index contributed by atoms with van der Waals surface area (Å²) < 4.78 is 4.96. The van der Waals surface area contributed by atoms with Crippen LogP contribution in [0.4, 0.5) is 0 Å². The SMILES string of the molecule is CC(=O)Oc1ccc(-c2ccc(C(N)=O)cc2)cc1. The zero-order chi connectivity index (χ0) is 13.8. The second-order valence-corrected chi connectivity index (χ2v) is 4.06. The predicted molar refractivity (Wildman–Crippen MR) is 71.7 cm³/mol. The zero-order valence-corrected chi connectivity index (χ0v) is 10.4. The van der Waals surface area contributed by atoms with Gasteiger partial charge in [-0.25, -0.2) is 0 Å². The molecule has 4 nitrogen and oxygen atoms in total. The van der Waals surface area contributed by atoms with Crippen LogP contribution >= 0.6 is 0 Å². The van der Waals surface area contributed by atoms with E-state index in [1.807, 2.05) is 24.3 Å². The molecule has 0 unspecified atom stereocenters. The molecule has 2 rings (SSSR count). The van der Waals surface area contributed by atoms with E-state index >= 15 is 0 Å². The van der Waals surface area contributed by atoms with Crippen LogP contribution < -0.4 is 10.5 Å². The van der Waals surface area contributed by atoms with Crippen molar-refractivity contribution in [2.24, 2.45) is 5.73 Å². The minimum Gasteiger partial charge on any atom is -0.427 e. The highest BCUT2D eigenvalue weighted by Crippen LogP contribution is 2.22. The summed E-state index contributed by atoms with van der Waals surface area (Å²) in [6.07, 6.45) is 0. The molecule has 0 aliphatic heterocycles. The molecule has 0 radical (unpaired) electrons. The van der Waals surface area contributed by atoms with Crippen LogP contribution in [0.1, 0.15) is 17.3 Å². The number of primary amides is 1. The normalized spacial score (nSPS) is 9.95. The van der Waals surface area contributed by atoms with Crippen molar-refractivity contribution >= 4 is 11.9 Å². The largest absolute Gasteiger partial charge is 0.427 e. The van der Waals surface area contributed by atoms with Crippen molar-refractivity contribution in [2.75, 3.05) is 0 Å². The Labute approximate surface area is 110 Å². The van der Waals surface area contributed by atoms with E-state index < -0.39 is 5.91 Å². The minimum atomic E-state index is -0.447. The van der Waals surface area contributed by atoms with E-state index in [0.29, 0.717) is 11.3 Å². The molecular formula is C15H13NO3. The molecule has 0 aliphatic rings. The Kier molecular flexibility index (Phi) is 3.61. The van der Waals surface area contributed by atoms with Crippen LogP contribution in [-0.4, -0.2) is 11.9 Å². The molecule has 1 amide bonds. The topological polar surface area (TPSA) is 69.4 Å². The lowest BCUT2D eigenvalue weighted by molar-refractivity contribution is -0.131. The summed E-state index contributed by atoms with van der Waals surface area (Å²) in [6.45, 7) is 1.36. The van der Waals surface area contributed by atoms with Gasteiger partial charge in [-0.15, -0.1) is 0 Å². The van der Waals surface area contributed by atoms with Crippen LogP contribution in [-0.2, 0) is 4.79 Å². The fraction of sp³-hybridized carbons (Fsp3) is 0.0667. The highest BCUT2D eigenvalue weighted by molar-refractivity contribution is 5.93. The van der Waals surface area contributed by atoms with E-state index in [1.54, 1.807) is 24.3 Å². The average Bonchev–Trinajstić information content (AvgIpc) is 2.39. The van der Waals surface area contributed by atoms with Crippen molar-refractivity contribution in [3.8, 4) is 16.9 Å². The summed E-state index contributed by atoms with van der Waals surface area (Å²) in [6, 6.07) is 14.1. The molecule has 0 heterocycles. The molecule has 4 heteroatoms. The van der Waals surface area contributed by atoms with Gasteiger partial charge in [0.15, 0.2) is 0 Å². The Hall–Kier alpha value is -2.62. The summed E-state index contributed by atoms with van der Waals surface area (Å²) in [5, 5.41) is 0. The molecule has 96 valence electrons. The van der Waals surface area contributed by atoms with Crippen LogP contribution in [0, 0.1) is 0 Å². The first-order valence-corrected chi connectivity index (χ1v) is 5.75. The number of rotatable bonds is 3. The van der Waals surface area contributed by atoms with Gasteiger partial charge in [0.25, 0.3) is 0 Å². The Balaban J connectivity index is 2.22. The zero-order valence-electron chi connectivity index (χ0n) is 10.4. The van der Waals surface area contributed by atoms with E-state index in [4.69, 9.17) is 10.5 Å². The Morgan fingerprint density at radius 1 is 0.895 bits per heavy atom. The maximum atomic E-state index is 11.0. The van der Waals surface area contributed by atoms with Gasteiger partial charge in [0.1, 0.15) is 5.75 Å². The number of benzene rings is 2. The van der Waals surface area contributed by atoms with Gasteiger partial charge in [0.05, 0.1) is 0 Å². The molecule has 0 atom stereocenters. The smallest absolute Gasteiger partial charge is 0.308 e. The lowest BCUT2D eigenvalue weighted by atomic mass is 10.0. The molecule has 0 fully saturated rings. The van der Waals surface area contributed by atoms with Gasteiger partial charge < -0.3 is 10.5 Å². The van der Waals surface area contributed by atoms with Crippen LogP contribution in [0.5, 0.6) is 5.75 Å². The highest BCUT2D eigenvalue weighted by atomic mass is 16.5. The maximum absolute atomic E-state index is 11.0. The number of nitrogens with two attached hydrogens (primary N) is 1. The van der Waals surface area contributed by atoms with Gasteiger partial charge in [-0.05, 0) is 35.4 Å². The van der Waals surface area contributed by atoms with Gasteiger partial charge in [0.2, 0.25) is 5.91 Å². The molecule has 2 aromatic carbocycles. The molecule has 0 saturated heterocycles. The second kappa shape index (κ2) is 5.35. The van der Waals surface area contributed by atoms with Crippen molar-refractivity contribution in [2.45, 2.75) is 6.92 Å². The Morgan fingerprint density at radius 2 is 1.37 bits per heavy atom. The van der Waals surface area contributed by atoms with Crippen LogP contribution in [0.25, 0.3) is 11.1 Å². The van der Waals surface area contributed by atoms with Crippen molar-refractivity contribution in [1.82, 2.24) is 0 Å². The van der Waals surface area contributed by atoms with Crippen LogP contribution in [0.3, 0.4) is 0 Å². The summed E-state index contributed by atoms with van der Waals surface area (Å²) in [5.41, 5.74) is 7.58. The molecule has 0 aliphatic carbocycles. The average molecular weight is 255 g/mol. The van der Waals surface area contributed by atoms with Crippen LogP contribution in [0.15, 0.2) is 48.5 Å². The summed E-state index contributed by atoms with van der Waals surface area (Å²) in [7, 11) is 0. The van der Waals surface area contributed by atoms with Crippen molar-refractivity contribution < 1.29 is 14.3 Å². The summed E-state index contributed by atoms with van der Waals surface area (Å²) in [4.78, 5) is 21.8. The first-order chi connectivity index (χ1) is 9.06. The van der Waals surface area contributed by atoms with E-state index in [1.165, 1.54) is 6.92 Å². The molecule has 0 bridgehead atoms. The van der Waals surface area contributed by atoms with Crippen molar-refractivity contribution in [3.63, 3.8) is 0 Å². The van der Waals surface area contributed by atoms with Crippen molar-refractivity contribution in [1.29, 1.82) is 0 Å². The number of hydrogen-bond donors (Lipinski definition) is 1. The number of hydrogen-bond acceptors (Lipinski definition) is 3. The van der Waals surface area contributed by atoms with E-state index in [2.05, 4.69) is 0 Å². The van der Waals surface area contributed by atoms with Gasteiger partial charge in [-0.1, -0.05) is 24.3 Å².